The second-order valence-electron chi connectivity index (χ2n) is 5.44. The van der Waals surface area contributed by atoms with E-state index in [0.29, 0.717) is 10.1 Å². The Morgan fingerprint density at radius 3 is 2.33 bits per heavy atom. The van der Waals surface area contributed by atoms with Crippen molar-refractivity contribution in [1.29, 1.82) is 0 Å². The number of nitrogens with zero attached hydrogens (tertiary/aromatic N) is 4. The first-order valence-electron chi connectivity index (χ1n) is 7.96. The van der Waals surface area contributed by atoms with E-state index in [1.54, 1.807) is 6.20 Å². The molecule has 2 aromatic carbocycles. The van der Waals surface area contributed by atoms with Gasteiger partial charge in [0.2, 0.25) is 0 Å². The van der Waals surface area contributed by atoms with Gasteiger partial charge in [-0.1, -0.05) is 59.9 Å². The van der Waals surface area contributed by atoms with Crippen LogP contribution in [0.15, 0.2) is 93.0 Å². The van der Waals surface area contributed by atoms with Crippen molar-refractivity contribution >= 4 is 40.1 Å². The van der Waals surface area contributed by atoms with Gasteiger partial charge in [0.15, 0.2) is 10.1 Å². The molecule has 0 spiro atoms. The van der Waals surface area contributed by atoms with E-state index in [4.69, 9.17) is 0 Å². The summed E-state index contributed by atoms with van der Waals surface area (Å²) in [5.41, 5.74) is 0.694. The van der Waals surface area contributed by atoms with Crippen molar-refractivity contribution in [3.63, 3.8) is 0 Å². The van der Waals surface area contributed by atoms with Crippen molar-refractivity contribution in [2.45, 2.75) is 19.8 Å². The van der Waals surface area contributed by atoms with Crippen LogP contribution in [0.1, 0.15) is 0 Å². The molecule has 27 heavy (non-hydrogen) atoms. The van der Waals surface area contributed by atoms with Crippen molar-refractivity contribution in [2.24, 2.45) is 0 Å². The molecule has 0 amide bonds. The van der Waals surface area contributed by atoms with Gasteiger partial charge in [0, 0.05) is 21.4 Å². The van der Waals surface area contributed by atoms with E-state index in [-0.39, 0.29) is 5.69 Å². The highest BCUT2D eigenvalue weighted by atomic mass is 32.2. The number of hydrogen-bond acceptors (Lipinski definition) is 7. The van der Waals surface area contributed by atoms with Crippen molar-refractivity contribution in [3.8, 4) is 0 Å². The lowest BCUT2D eigenvalue weighted by molar-refractivity contribution is -0.391. The first kappa shape index (κ1) is 17.4. The van der Waals surface area contributed by atoms with Gasteiger partial charge in [-0.05, 0) is 24.3 Å². The van der Waals surface area contributed by atoms with Gasteiger partial charge in [-0.25, -0.2) is 9.97 Å². The summed E-state index contributed by atoms with van der Waals surface area (Å²) in [5.74, 6) is 0. The Balaban J connectivity index is 1.76. The molecule has 0 atom stereocenters. The Morgan fingerprint density at radius 2 is 1.56 bits per heavy atom. The molecule has 0 saturated carbocycles. The van der Waals surface area contributed by atoms with E-state index >= 15 is 0 Å². The van der Waals surface area contributed by atoms with Crippen molar-refractivity contribution in [2.75, 3.05) is 0 Å². The molecule has 6 nitrogen and oxygen atoms in total. The molecular weight excluding hydrogens is 380 g/mol. The molecular formula is C19H12N4O2S2. The molecule has 0 unspecified atom stereocenters. The highest BCUT2D eigenvalue weighted by Gasteiger charge is 2.25. The summed E-state index contributed by atoms with van der Waals surface area (Å²) in [6.45, 7) is 0. The summed E-state index contributed by atoms with van der Waals surface area (Å²) >= 11 is 2.48. The summed E-state index contributed by atoms with van der Waals surface area (Å²) in [6.07, 6.45) is 3.07. The van der Waals surface area contributed by atoms with Crippen LogP contribution in [0, 0.1) is 10.1 Å². The lowest BCUT2D eigenvalue weighted by Gasteiger charge is -2.07. The zero-order chi connectivity index (χ0) is 18.6. The van der Waals surface area contributed by atoms with Crippen LogP contribution in [0.5, 0.6) is 0 Å². The average molecular weight is 392 g/mol. The zero-order valence-corrected chi connectivity index (χ0v) is 15.5. The molecule has 0 aliphatic heterocycles. The maximum Gasteiger partial charge on any atom is 0.333 e. The predicted molar refractivity (Wildman–Crippen MR) is 105 cm³/mol. The maximum absolute atomic E-state index is 11.8. The minimum atomic E-state index is -0.424. The van der Waals surface area contributed by atoms with Crippen LogP contribution in [0.4, 0.5) is 5.69 Å². The Hall–Kier alpha value is -2.97. The molecule has 2 heterocycles. The third kappa shape index (κ3) is 3.76. The summed E-state index contributed by atoms with van der Waals surface area (Å²) in [6, 6.07) is 19.0. The molecule has 4 aromatic rings. The van der Waals surface area contributed by atoms with Gasteiger partial charge >= 0.3 is 5.69 Å². The molecule has 0 N–H and O–H groups in total. The smallest absolute Gasteiger partial charge is 0.258 e. The van der Waals surface area contributed by atoms with Crippen molar-refractivity contribution in [3.05, 3.63) is 83.3 Å². The Labute approximate surface area is 163 Å². The summed E-state index contributed by atoms with van der Waals surface area (Å²) in [7, 11) is 0. The number of hydrogen-bond donors (Lipinski definition) is 0. The lowest BCUT2D eigenvalue weighted by atomic mass is 10.2. The Bertz CT molecular complexity index is 1120. The number of rotatable bonds is 5. The molecule has 0 saturated heterocycles. The SMILES string of the molecule is O=[N+]([O-])c1c(Sc2ccccc2)ncnc1Sc1cccc2cccnc12. The summed E-state index contributed by atoms with van der Waals surface area (Å²) in [4.78, 5) is 25.8. The standard InChI is InChI=1S/C19H12N4O2S2/c24-23(25)17-18(26-14-8-2-1-3-9-14)21-12-22-19(17)27-15-10-4-6-13-7-5-11-20-16(13)15/h1-12H. The van der Waals surface area contributed by atoms with Gasteiger partial charge in [-0.2, -0.15) is 0 Å². The van der Waals surface area contributed by atoms with Crippen LogP contribution in [0.3, 0.4) is 0 Å². The number of fused-ring (bicyclic) bond motifs is 1. The highest BCUT2D eigenvalue weighted by Crippen LogP contribution is 2.41. The van der Waals surface area contributed by atoms with Crippen LogP contribution >= 0.6 is 23.5 Å². The molecule has 8 heteroatoms. The minimum absolute atomic E-state index is 0.0933. The first-order valence-corrected chi connectivity index (χ1v) is 9.59. The third-order valence-corrected chi connectivity index (χ3v) is 5.74. The molecule has 0 radical (unpaired) electrons. The summed E-state index contributed by atoms with van der Waals surface area (Å²) < 4.78 is 0. The molecule has 2 aromatic heterocycles. The topological polar surface area (TPSA) is 81.8 Å². The normalized spacial score (nSPS) is 10.8. The number of para-hydroxylation sites is 1. The summed E-state index contributed by atoms with van der Waals surface area (Å²) in [5, 5.41) is 13.4. The van der Waals surface area contributed by atoms with Crippen LogP contribution in [0.2, 0.25) is 0 Å². The van der Waals surface area contributed by atoms with E-state index in [1.807, 2.05) is 60.7 Å². The number of pyridine rings is 1. The molecule has 4 rings (SSSR count). The molecule has 0 fully saturated rings. The number of nitro groups is 1. The number of benzene rings is 2. The fourth-order valence-corrected chi connectivity index (χ4v) is 4.45. The predicted octanol–water partition coefficient (Wildman–Crippen LogP) is 5.24. The lowest BCUT2D eigenvalue weighted by Crippen LogP contribution is -1.98. The minimum Gasteiger partial charge on any atom is -0.258 e. The molecule has 0 aliphatic carbocycles. The van der Waals surface area contributed by atoms with E-state index in [9.17, 15) is 10.1 Å². The second kappa shape index (κ2) is 7.73. The van der Waals surface area contributed by atoms with Gasteiger partial charge in [-0.3, -0.25) is 15.1 Å². The fourth-order valence-electron chi connectivity index (χ4n) is 2.52. The van der Waals surface area contributed by atoms with Crippen LogP contribution < -0.4 is 0 Å². The van der Waals surface area contributed by atoms with Crippen molar-refractivity contribution in [1.82, 2.24) is 15.0 Å². The van der Waals surface area contributed by atoms with Crippen LogP contribution in [-0.2, 0) is 0 Å². The Kier molecular flexibility index (Phi) is 4.99. The number of aromatic nitrogens is 3. The van der Waals surface area contributed by atoms with Gasteiger partial charge in [0.05, 0.1) is 10.4 Å². The van der Waals surface area contributed by atoms with E-state index in [1.165, 1.54) is 29.9 Å². The molecule has 132 valence electrons. The zero-order valence-electron chi connectivity index (χ0n) is 13.9. The van der Waals surface area contributed by atoms with E-state index < -0.39 is 4.92 Å². The average Bonchev–Trinajstić information content (AvgIpc) is 2.69. The Morgan fingerprint density at radius 1 is 0.815 bits per heavy atom. The largest absolute Gasteiger partial charge is 0.333 e. The van der Waals surface area contributed by atoms with Gasteiger partial charge in [0.25, 0.3) is 0 Å². The quantitative estimate of drug-likeness (QED) is 0.261. The molecule has 0 aliphatic rings. The molecule has 0 bridgehead atoms. The van der Waals surface area contributed by atoms with Crippen LogP contribution in [0.25, 0.3) is 10.9 Å². The van der Waals surface area contributed by atoms with E-state index in [0.717, 1.165) is 20.7 Å². The second-order valence-corrected chi connectivity index (χ2v) is 7.53. The third-order valence-electron chi connectivity index (χ3n) is 3.70. The van der Waals surface area contributed by atoms with E-state index in [2.05, 4.69) is 15.0 Å². The first-order chi connectivity index (χ1) is 13.2. The fraction of sp³-hybridized carbons (Fsp3) is 0. The monoisotopic (exact) mass is 392 g/mol. The van der Waals surface area contributed by atoms with Crippen molar-refractivity contribution < 1.29 is 4.92 Å². The van der Waals surface area contributed by atoms with Gasteiger partial charge < -0.3 is 0 Å². The highest BCUT2D eigenvalue weighted by molar-refractivity contribution is 8.00. The van der Waals surface area contributed by atoms with Crippen LogP contribution in [-0.4, -0.2) is 19.9 Å². The van der Waals surface area contributed by atoms with Gasteiger partial charge in [0.1, 0.15) is 6.33 Å². The maximum atomic E-state index is 11.8. The van der Waals surface area contributed by atoms with Gasteiger partial charge in [-0.15, -0.1) is 0 Å².